The van der Waals surface area contributed by atoms with E-state index in [0.717, 1.165) is 17.7 Å². The summed E-state index contributed by atoms with van der Waals surface area (Å²) in [7, 11) is 0. The van der Waals surface area contributed by atoms with Crippen molar-refractivity contribution >= 4 is 11.8 Å². The van der Waals surface area contributed by atoms with Gasteiger partial charge in [-0.3, -0.25) is 9.59 Å². The monoisotopic (exact) mass is 368 g/mol. The van der Waals surface area contributed by atoms with Gasteiger partial charge in [0.25, 0.3) is 5.91 Å². The molecule has 2 aliphatic rings. The molecule has 2 aliphatic heterocycles. The lowest BCUT2D eigenvalue weighted by Crippen LogP contribution is -2.46. The zero-order valence-electron chi connectivity index (χ0n) is 15.4. The highest BCUT2D eigenvalue weighted by Gasteiger charge is 2.43. The highest BCUT2D eigenvalue weighted by atomic mass is 16.5. The number of para-hydroxylation sites is 1. The van der Waals surface area contributed by atoms with Gasteiger partial charge in [0, 0.05) is 37.9 Å². The van der Waals surface area contributed by atoms with Crippen LogP contribution in [0.3, 0.4) is 0 Å². The third-order valence-corrected chi connectivity index (χ3v) is 5.61. The highest BCUT2D eigenvalue weighted by molar-refractivity contribution is 5.91. The number of amides is 2. The van der Waals surface area contributed by atoms with Gasteiger partial charge >= 0.3 is 0 Å². The molecule has 0 bridgehead atoms. The molecule has 0 saturated carbocycles. The van der Waals surface area contributed by atoms with Crippen LogP contribution in [0.5, 0.6) is 5.75 Å². The minimum Gasteiger partial charge on any atom is -0.487 e. The standard InChI is InChI=1S/C21H24N2O4/c1-2-23-12-11-21(10-9-19(23)24)14-16(15-6-3-4-7-17(15)27-21)22-20(25)18-8-5-13-26-18/h3-8,13,16H,2,9-12,14H2,1H3,(H,22,25). The van der Waals surface area contributed by atoms with Crippen molar-refractivity contribution in [3.05, 3.63) is 54.0 Å². The number of nitrogens with one attached hydrogen (secondary N) is 1. The van der Waals surface area contributed by atoms with Gasteiger partial charge in [-0.15, -0.1) is 0 Å². The average Bonchev–Trinajstić information content (AvgIpc) is 3.17. The number of rotatable bonds is 3. The first-order valence-corrected chi connectivity index (χ1v) is 9.50. The summed E-state index contributed by atoms with van der Waals surface area (Å²) < 4.78 is 11.7. The second kappa shape index (κ2) is 7.10. The predicted molar refractivity (Wildman–Crippen MR) is 99.4 cm³/mol. The van der Waals surface area contributed by atoms with E-state index in [4.69, 9.17) is 9.15 Å². The molecule has 0 aliphatic carbocycles. The number of hydrogen-bond donors (Lipinski definition) is 1. The molecular weight excluding hydrogens is 344 g/mol. The fourth-order valence-electron chi connectivity index (χ4n) is 4.11. The highest BCUT2D eigenvalue weighted by Crippen LogP contribution is 2.44. The summed E-state index contributed by atoms with van der Waals surface area (Å²) in [5, 5.41) is 3.09. The summed E-state index contributed by atoms with van der Waals surface area (Å²) in [6.45, 7) is 3.39. The van der Waals surface area contributed by atoms with Crippen LogP contribution in [0.4, 0.5) is 0 Å². The number of fused-ring (bicyclic) bond motifs is 1. The molecule has 6 heteroatoms. The Balaban J connectivity index is 1.61. The lowest BCUT2D eigenvalue weighted by molar-refractivity contribution is -0.130. The fourth-order valence-corrected chi connectivity index (χ4v) is 4.11. The number of likely N-dealkylation sites (tertiary alicyclic amines) is 1. The molecule has 1 aromatic heterocycles. The Bertz CT molecular complexity index is 832. The normalized spacial score (nSPS) is 24.9. The lowest BCUT2D eigenvalue weighted by atomic mass is 9.82. The van der Waals surface area contributed by atoms with E-state index in [2.05, 4.69) is 5.32 Å². The largest absolute Gasteiger partial charge is 0.487 e. The van der Waals surface area contributed by atoms with E-state index in [1.54, 1.807) is 12.1 Å². The van der Waals surface area contributed by atoms with Crippen LogP contribution in [-0.4, -0.2) is 35.4 Å². The first-order valence-electron chi connectivity index (χ1n) is 9.50. The molecular formula is C21H24N2O4. The summed E-state index contributed by atoms with van der Waals surface area (Å²) in [5.74, 6) is 1.01. The van der Waals surface area contributed by atoms with E-state index in [0.29, 0.717) is 38.1 Å². The van der Waals surface area contributed by atoms with Crippen molar-refractivity contribution in [2.45, 2.75) is 44.2 Å². The first kappa shape index (κ1) is 17.6. The van der Waals surface area contributed by atoms with Gasteiger partial charge in [-0.1, -0.05) is 18.2 Å². The Hall–Kier alpha value is -2.76. The van der Waals surface area contributed by atoms with Crippen LogP contribution in [0.2, 0.25) is 0 Å². The number of nitrogens with zero attached hydrogens (tertiary/aromatic N) is 1. The van der Waals surface area contributed by atoms with Crippen molar-refractivity contribution in [1.82, 2.24) is 10.2 Å². The van der Waals surface area contributed by atoms with Crippen LogP contribution >= 0.6 is 0 Å². The Kier molecular flexibility index (Phi) is 4.64. The third-order valence-electron chi connectivity index (χ3n) is 5.61. The maximum Gasteiger partial charge on any atom is 0.287 e. The molecule has 1 fully saturated rings. The average molecular weight is 368 g/mol. The van der Waals surface area contributed by atoms with Gasteiger partial charge < -0.3 is 19.4 Å². The summed E-state index contributed by atoms with van der Waals surface area (Å²) in [5.41, 5.74) is 0.514. The van der Waals surface area contributed by atoms with E-state index < -0.39 is 5.60 Å². The zero-order valence-corrected chi connectivity index (χ0v) is 15.4. The Morgan fingerprint density at radius 2 is 2.11 bits per heavy atom. The molecule has 142 valence electrons. The Morgan fingerprint density at radius 3 is 2.89 bits per heavy atom. The third kappa shape index (κ3) is 3.44. The summed E-state index contributed by atoms with van der Waals surface area (Å²) >= 11 is 0. The van der Waals surface area contributed by atoms with Gasteiger partial charge in [-0.2, -0.15) is 0 Å². The molecule has 2 atom stereocenters. The quantitative estimate of drug-likeness (QED) is 0.902. The molecule has 3 heterocycles. The maximum atomic E-state index is 12.6. The van der Waals surface area contributed by atoms with E-state index in [1.807, 2.05) is 36.1 Å². The van der Waals surface area contributed by atoms with Gasteiger partial charge in [0.15, 0.2) is 5.76 Å². The minimum absolute atomic E-state index is 0.174. The van der Waals surface area contributed by atoms with Crippen LogP contribution in [0.25, 0.3) is 0 Å². The van der Waals surface area contributed by atoms with Gasteiger partial charge in [0.2, 0.25) is 5.91 Å². The van der Waals surface area contributed by atoms with Crippen molar-refractivity contribution in [2.75, 3.05) is 13.1 Å². The molecule has 2 amide bonds. The molecule has 1 spiro atoms. The van der Waals surface area contributed by atoms with Crippen molar-refractivity contribution in [3.8, 4) is 5.75 Å². The summed E-state index contributed by atoms with van der Waals surface area (Å²) in [4.78, 5) is 26.8. The van der Waals surface area contributed by atoms with Gasteiger partial charge in [0.05, 0.1) is 12.3 Å². The fraction of sp³-hybridized carbons (Fsp3) is 0.429. The maximum absolute atomic E-state index is 12.6. The Morgan fingerprint density at radius 1 is 1.26 bits per heavy atom. The van der Waals surface area contributed by atoms with Crippen LogP contribution in [-0.2, 0) is 4.79 Å². The first-order chi connectivity index (χ1) is 13.1. The van der Waals surface area contributed by atoms with E-state index in [-0.39, 0.29) is 17.9 Å². The molecule has 2 unspecified atom stereocenters. The van der Waals surface area contributed by atoms with Crippen LogP contribution in [0.15, 0.2) is 47.1 Å². The molecule has 4 rings (SSSR count). The second-order valence-corrected chi connectivity index (χ2v) is 7.25. The lowest BCUT2D eigenvalue weighted by Gasteiger charge is -2.42. The van der Waals surface area contributed by atoms with E-state index >= 15 is 0 Å². The molecule has 6 nitrogen and oxygen atoms in total. The Labute approximate surface area is 158 Å². The van der Waals surface area contributed by atoms with Gasteiger partial charge in [-0.25, -0.2) is 0 Å². The number of furan rings is 1. The predicted octanol–water partition coefficient (Wildman–Crippen LogP) is 3.30. The van der Waals surface area contributed by atoms with Crippen molar-refractivity contribution in [1.29, 1.82) is 0 Å². The van der Waals surface area contributed by atoms with Crippen LogP contribution in [0.1, 0.15) is 54.8 Å². The smallest absolute Gasteiger partial charge is 0.287 e. The number of hydrogen-bond acceptors (Lipinski definition) is 4. The number of carbonyl (C=O) groups excluding carboxylic acids is 2. The summed E-state index contributed by atoms with van der Waals surface area (Å²) in [6.07, 6.45) is 4.01. The van der Waals surface area contributed by atoms with Crippen molar-refractivity contribution < 1.29 is 18.7 Å². The number of ether oxygens (including phenoxy) is 1. The zero-order chi connectivity index (χ0) is 18.9. The number of carbonyl (C=O) groups is 2. The minimum atomic E-state index is -0.449. The molecule has 1 saturated heterocycles. The van der Waals surface area contributed by atoms with E-state index in [9.17, 15) is 9.59 Å². The molecule has 0 radical (unpaired) electrons. The second-order valence-electron chi connectivity index (χ2n) is 7.25. The topological polar surface area (TPSA) is 71.8 Å². The van der Waals surface area contributed by atoms with E-state index in [1.165, 1.54) is 6.26 Å². The van der Waals surface area contributed by atoms with Crippen molar-refractivity contribution in [3.63, 3.8) is 0 Å². The summed E-state index contributed by atoms with van der Waals surface area (Å²) in [6, 6.07) is 11.0. The molecule has 27 heavy (non-hydrogen) atoms. The molecule has 2 aromatic rings. The van der Waals surface area contributed by atoms with Gasteiger partial charge in [0.1, 0.15) is 11.4 Å². The van der Waals surface area contributed by atoms with Crippen molar-refractivity contribution in [2.24, 2.45) is 0 Å². The SMILES string of the molecule is CCN1CCC2(CCC1=O)CC(NC(=O)c1ccco1)c1ccccc1O2. The molecule has 1 N–H and O–H groups in total. The van der Waals surface area contributed by atoms with Crippen LogP contribution < -0.4 is 10.1 Å². The van der Waals surface area contributed by atoms with Crippen LogP contribution in [0, 0.1) is 0 Å². The number of benzene rings is 1. The molecule has 1 aromatic carbocycles. The van der Waals surface area contributed by atoms with Gasteiger partial charge in [-0.05, 0) is 31.5 Å².